The van der Waals surface area contributed by atoms with E-state index in [1.54, 1.807) is 0 Å². The van der Waals surface area contributed by atoms with Crippen molar-refractivity contribution in [2.45, 2.75) is 25.3 Å². The predicted molar refractivity (Wildman–Crippen MR) is 85.0 cm³/mol. The molecule has 1 N–H and O–H groups in total. The van der Waals surface area contributed by atoms with E-state index in [0.717, 1.165) is 16.0 Å². The van der Waals surface area contributed by atoms with Crippen molar-refractivity contribution in [3.63, 3.8) is 0 Å². The van der Waals surface area contributed by atoms with E-state index < -0.39 is 12.0 Å². The molecule has 0 aliphatic carbocycles. The van der Waals surface area contributed by atoms with Crippen molar-refractivity contribution in [3.05, 3.63) is 57.8 Å². The molecule has 0 saturated heterocycles. The number of carboxylic acids is 1. The molecule has 4 nitrogen and oxygen atoms in total. The van der Waals surface area contributed by atoms with Crippen molar-refractivity contribution in [1.82, 2.24) is 4.90 Å². The van der Waals surface area contributed by atoms with Gasteiger partial charge in [0.25, 0.3) is 0 Å². The maximum atomic E-state index is 12.8. The van der Waals surface area contributed by atoms with E-state index >= 15 is 0 Å². The van der Waals surface area contributed by atoms with Crippen LogP contribution in [0.4, 0.5) is 0 Å². The number of rotatable bonds is 3. The van der Waals surface area contributed by atoms with Gasteiger partial charge >= 0.3 is 5.97 Å². The number of carbonyl (C=O) groups excluding carboxylic acids is 1. The lowest BCUT2D eigenvalue weighted by Crippen LogP contribution is -2.45. The number of benzene rings is 1. The monoisotopic (exact) mass is 315 g/mol. The molecule has 1 aromatic heterocycles. The van der Waals surface area contributed by atoms with Crippen molar-refractivity contribution in [2.24, 2.45) is 0 Å². The first-order valence-corrected chi connectivity index (χ1v) is 8.12. The summed E-state index contributed by atoms with van der Waals surface area (Å²) in [6.07, 6.45) is 0.697. The third-order valence-corrected chi connectivity index (χ3v) is 5.20. The van der Waals surface area contributed by atoms with Gasteiger partial charge in [0.05, 0.1) is 5.92 Å². The van der Waals surface area contributed by atoms with Gasteiger partial charge in [0.15, 0.2) is 6.04 Å². The lowest BCUT2D eigenvalue weighted by atomic mass is 9.91. The second kappa shape index (κ2) is 5.93. The molecule has 22 heavy (non-hydrogen) atoms. The molecule has 0 radical (unpaired) electrons. The molecular formula is C17H17NO3S. The van der Waals surface area contributed by atoms with E-state index in [4.69, 9.17) is 0 Å². The smallest absolute Gasteiger partial charge is 0.331 e. The fraction of sp³-hybridized carbons (Fsp3) is 0.294. The maximum absolute atomic E-state index is 12.8. The number of thiophene rings is 1. The number of carboxylic acid groups (broad SMARTS) is 1. The Hall–Kier alpha value is -2.14. The minimum absolute atomic E-state index is 0.121. The van der Waals surface area contributed by atoms with Crippen LogP contribution in [0, 0.1) is 0 Å². The number of nitrogens with zero attached hydrogens (tertiary/aromatic N) is 1. The second-order valence-corrected chi connectivity index (χ2v) is 6.44. The average molecular weight is 315 g/mol. The summed E-state index contributed by atoms with van der Waals surface area (Å²) in [6, 6.07) is 10.4. The fourth-order valence-electron chi connectivity index (χ4n) is 2.98. The molecule has 0 bridgehead atoms. The maximum Gasteiger partial charge on any atom is 0.331 e. The van der Waals surface area contributed by atoms with Gasteiger partial charge in [0.2, 0.25) is 5.91 Å². The van der Waals surface area contributed by atoms with Gasteiger partial charge in [-0.25, -0.2) is 4.79 Å². The zero-order valence-electron chi connectivity index (χ0n) is 12.2. The lowest BCUT2D eigenvalue weighted by molar-refractivity contribution is -0.151. The van der Waals surface area contributed by atoms with E-state index in [-0.39, 0.29) is 11.8 Å². The van der Waals surface area contributed by atoms with Gasteiger partial charge in [-0.1, -0.05) is 30.3 Å². The standard InChI is InChI=1S/C17H17NO3S/c1-11(14-7-4-10-22-14)16(19)18-9-8-12-5-2-3-6-13(12)15(18)17(20)21/h2-7,10-11,15H,8-9H2,1H3,(H,20,21)/t11-,15+/m1/s1. The SMILES string of the molecule is C[C@@H](C(=O)N1CCc2ccccc2[C@H]1C(=O)O)c1cccs1. The Morgan fingerprint density at radius 3 is 2.73 bits per heavy atom. The molecule has 3 rings (SSSR count). The van der Waals surface area contributed by atoms with E-state index in [1.807, 2.05) is 48.7 Å². The molecule has 2 heterocycles. The molecule has 1 amide bonds. The summed E-state index contributed by atoms with van der Waals surface area (Å²) in [6.45, 7) is 2.29. The summed E-state index contributed by atoms with van der Waals surface area (Å²) in [5, 5.41) is 11.6. The van der Waals surface area contributed by atoms with E-state index in [1.165, 1.54) is 16.2 Å². The molecular weight excluding hydrogens is 298 g/mol. The first-order valence-electron chi connectivity index (χ1n) is 7.24. The van der Waals surface area contributed by atoms with Crippen LogP contribution in [0.1, 0.15) is 34.9 Å². The molecule has 1 aromatic carbocycles. The van der Waals surface area contributed by atoms with Crippen LogP contribution in [0.3, 0.4) is 0 Å². The lowest BCUT2D eigenvalue weighted by Gasteiger charge is -2.36. The summed E-state index contributed by atoms with van der Waals surface area (Å²) < 4.78 is 0. The zero-order valence-corrected chi connectivity index (χ0v) is 13.0. The van der Waals surface area contributed by atoms with E-state index in [2.05, 4.69) is 0 Å². The molecule has 1 aliphatic rings. The Morgan fingerprint density at radius 1 is 1.27 bits per heavy atom. The molecule has 5 heteroatoms. The molecule has 1 aliphatic heterocycles. The normalized spacial score (nSPS) is 18.6. The predicted octanol–water partition coefficient (Wildman–Crippen LogP) is 3.06. The summed E-state index contributed by atoms with van der Waals surface area (Å²) in [5.41, 5.74) is 1.75. The van der Waals surface area contributed by atoms with Gasteiger partial charge in [-0.05, 0) is 35.9 Å². The van der Waals surface area contributed by atoms with Gasteiger partial charge in [-0.3, -0.25) is 4.79 Å². The molecule has 0 spiro atoms. The molecule has 2 atom stereocenters. The fourth-order valence-corrected chi connectivity index (χ4v) is 3.75. The number of amides is 1. The molecule has 0 unspecified atom stereocenters. The van der Waals surface area contributed by atoms with Crippen LogP contribution in [-0.2, 0) is 16.0 Å². The van der Waals surface area contributed by atoms with Crippen LogP contribution in [0.25, 0.3) is 0 Å². The summed E-state index contributed by atoms with van der Waals surface area (Å²) >= 11 is 1.52. The molecule has 114 valence electrons. The Labute approximate surface area is 133 Å². The Kier molecular flexibility index (Phi) is 3.98. The van der Waals surface area contributed by atoms with E-state index in [0.29, 0.717) is 13.0 Å². The average Bonchev–Trinajstić information content (AvgIpc) is 3.06. The largest absolute Gasteiger partial charge is 0.479 e. The topological polar surface area (TPSA) is 57.6 Å². The second-order valence-electron chi connectivity index (χ2n) is 5.46. The number of hydrogen-bond donors (Lipinski definition) is 1. The third-order valence-electron chi connectivity index (χ3n) is 4.14. The first-order chi connectivity index (χ1) is 10.6. The van der Waals surface area contributed by atoms with Crippen LogP contribution in [0.2, 0.25) is 0 Å². The number of fused-ring (bicyclic) bond motifs is 1. The minimum atomic E-state index is -0.973. The van der Waals surface area contributed by atoms with Crippen molar-refractivity contribution >= 4 is 23.2 Å². The molecule has 0 fully saturated rings. The summed E-state index contributed by atoms with van der Waals surface area (Å²) in [4.78, 5) is 27.0. The number of carbonyl (C=O) groups is 2. The van der Waals surface area contributed by atoms with Crippen molar-refractivity contribution in [2.75, 3.05) is 6.54 Å². The quantitative estimate of drug-likeness (QED) is 0.947. The van der Waals surface area contributed by atoms with Crippen LogP contribution >= 0.6 is 11.3 Å². The molecule has 0 saturated carbocycles. The van der Waals surface area contributed by atoms with Crippen LogP contribution < -0.4 is 0 Å². The molecule has 2 aromatic rings. The highest BCUT2D eigenvalue weighted by atomic mass is 32.1. The highest BCUT2D eigenvalue weighted by Gasteiger charge is 2.37. The Morgan fingerprint density at radius 2 is 2.05 bits per heavy atom. The van der Waals surface area contributed by atoms with Gasteiger partial charge < -0.3 is 10.0 Å². The van der Waals surface area contributed by atoms with Crippen LogP contribution in [0.15, 0.2) is 41.8 Å². The van der Waals surface area contributed by atoms with Gasteiger partial charge in [0.1, 0.15) is 0 Å². The Balaban J connectivity index is 1.93. The van der Waals surface area contributed by atoms with Crippen LogP contribution in [-0.4, -0.2) is 28.4 Å². The summed E-state index contributed by atoms with van der Waals surface area (Å²) in [7, 11) is 0. The van der Waals surface area contributed by atoms with Gasteiger partial charge in [-0.15, -0.1) is 11.3 Å². The number of aliphatic carboxylic acids is 1. The van der Waals surface area contributed by atoms with Gasteiger partial charge in [-0.2, -0.15) is 0 Å². The van der Waals surface area contributed by atoms with Crippen LogP contribution in [0.5, 0.6) is 0 Å². The van der Waals surface area contributed by atoms with Crippen molar-refractivity contribution < 1.29 is 14.7 Å². The first kappa shape index (κ1) is 14.8. The number of hydrogen-bond acceptors (Lipinski definition) is 3. The highest BCUT2D eigenvalue weighted by molar-refractivity contribution is 7.10. The zero-order chi connectivity index (χ0) is 15.7. The minimum Gasteiger partial charge on any atom is -0.479 e. The third kappa shape index (κ3) is 2.52. The Bertz CT molecular complexity index is 696. The van der Waals surface area contributed by atoms with Crippen molar-refractivity contribution in [1.29, 1.82) is 0 Å². The van der Waals surface area contributed by atoms with E-state index in [9.17, 15) is 14.7 Å². The highest BCUT2D eigenvalue weighted by Crippen LogP contribution is 2.33. The van der Waals surface area contributed by atoms with Crippen molar-refractivity contribution in [3.8, 4) is 0 Å². The van der Waals surface area contributed by atoms with Gasteiger partial charge in [0, 0.05) is 11.4 Å². The summed E-state index contributed by atoms with van der Waals surface area (Å²) in [5.74, 6) is -1.41.